The van der Waals surface area contributed by atoms with Crippen LogP contribution in [0.15, 0.2) is 52.2 Å². The predicted octanol–water partition coefficient (Wildman–Crippen LogP) is 0.0584. The van der Waals surface area contributed by atoms with E-state index in [1.807, 2.05) is 6.07 Å². The van der Waals surface area contributed by atoms with Crippen molar-refractivity contribution >= 4 is 5.97 Å². The third-order valence-corrected chi connectivity index (χ3v) is 4.04. The van der Waals surface area contributed by atoms with Gasteiger partial charge in [-0.25, -0.2) is 9.59 Å². The third kappa shape index (κ3) is 2.66. The van der Waals surface area contributed by atoms with E-state index in [9.17, 15) is 14.4 Å². The lowest BCUT2D eigenvalue weighted by Crippen LogP contribution is -2.34. The van der Waals surface area contributed by atoms with Crippen LogP contribution in [0, 0.1) is 0 Å². The maximum absolute atomic E-state index is 12.0. The molecule has 0 radical (unpaired) electrons. The first-order valence-electron chi connectivity index (χ1n) is 7.48. The molecule has 0 bridgehead atoms. The Hall–Kier alpha value is -2.71. The van der Waals surface area contributed by atoms with Crippen molar-refractivity contribution < 1.29 is 19.0 Å². The molecule has 1 aromatic heterocycles. The number of hydrogen-bond acceptors (Lipinski definition) is 6. The highest BCUT2D eigenvalue weighted by atomic mass is 16.7. The number of benzene rings is 1. The SMILES string of the molecule is O=C(OC[C@H]1O[C@@H](n2ccc(=O)[nH]c2=O)[C@@H]2O[C@@H]21)c1ccccc1. The van der Waals surface area contributed by atoms with Gasteiger partial charge in [0.2, 0.25) is 0 Å². The fourth-order valence-corrected chi connectivity index (χ4v) is 2.80. The molecule has 2 saturated heterocycles. The van der Waals surface area contributed by atoms with E-state index in [1.165, 1.54) is 16.8 Å². The number of aromatic nitrogens is 2. The van der Waals surface area contributed by atoms with Crippen LogP contribution in [-0.4, -0.2) is 40.4 Å². The summed E-state index contributed by atoms with van der Waals surface area (Å²) in [5.41, 5.74) is -0.586. The lowest BCUT2D eigenvalue weighted by molar-refractivity contribution is -0.0887. The minimum atomic E-state index is -0.639. The molecule has 3 heterocycles. The van der Waals surface area contributed by atoms with Gasteiger partial charge in [-0.15, -0.1) is 0 Å². The van der Waals surface area contributed by atoms with E-state index >= 15 is 0 Å². The standard InChI is InChI=1S/C16H14N2O6/c19-11-6-7-18(16(21)17-11)14-13-12(24-13)10(23-14)8-22-15(20)9-4-2-1-3-5-9/h1-7,10,12-14H,8H2,(H,17,19,21)/t10-,12-,13-,14-/m1/s1. The molecule has 4 rings (SSSR count). The first-order valence-corrected chi connectivity index (χ1v) is 7.48. The number of H-pyrrole nitrogens is 1. The predicted molar refractivity (Wildman–Crippen MR) is 80.6 cm³/mol. The Bertz CT molecular complexity index is 874. The van der Waals surface area contributed by atoms with E-state index in [2.05, 4.69) is 4.98 Å². The van der Waals surface area contributed by atoms with Gasteiger partial charge < -0.3 is 14.2 Å². The van der Waals surface area contributed by atoms with Crippen LogP contribution in [0.3, 0.4) is 0 Å². The Morgan fingerprint density at radius 2 is 1.92 bits per heavy atom. The summed E-state index contributed by atoms with van der Waals surface area (Å²) in [6.45, 7) is 0.0312. The van der Waals surface area contributed by atoms with Gasteiger partial charge in [0.05, 0.1) is 5.56 Å². The molecule has 8 heteroatoms. The molecule has 2 aromatic rings. The average molecular weight is 330 g/mol. The van der Waals surface area contributed by atoms with Gasteiger partial charge >= 0.3 is 11.7 Å². The zero-order valence-electron chi connectivity index (χ0n) is 12.5. The van der Waals surface area contributed by atoms with E-state index in [4.69, 9.17) is 14.2 Å². The van der Waals surface area contributed by atoms with Crippen molar-refractivity contribution in [2.45, 2.75) is 24.5 Å². The van der Waals surface area contributed by atoms with Gasteiger partial charge in [-0.1, -0.05) is 18.2 Å². The summed E-state index contributed by atoms with van der Waals surface area (Å²) >= 11 is 0. The summed E-state index contributed by atoms with van der Waals surface area (Å²) in [5, 5.41) is 0. The lowest BCUT2D eigenvalue weighted by Gasteiger charge is -2.18. The number of carbonyl (C=O) groups excluding carboxylic acids is 1. The Balaban J connectivity index is 1.42. The van der Waals surface area contributed by atoms with Crippen LogP contribution >= 0.6 is 0 Å². The molecule has 8 nitrogen and oxygen atoms in total. The molecule has 2 aliphatic rings. The van der Waals surface area contributed by atoms with Crippen molar-refractivity contribution in [2.75, 3.05) is 6.61 Å². The van der Waals surface area contributed by atoms with Crippen LogP contribution in [0.2, 0.25) is 0 Å². The van der Waals surface area contributed by atoms with Crippen LogP contribution in [-0.2, 0) is 14.2 Å². The molecule has 0 saturated carbocycles. The second kappa shape index (κ2) is 5.73. The maximum Gasteiger partial charge on any atom is 0.338 e. The summed E-state index contributed by atoms with van der Waals surface area (Å²) in [7, 11) is 0. The van der Waals surface area contributed by atoms with Crippen molar-refractivity contribution in [3.63, 3.8) is 0 Å². The van der Waals surface area contributed by atoms with Gasteiger partial charge in [-0.2, -0.15) is 0 Å². The first kappa shape index (κ1) is 14.9. The number of carbonyl (C=O) groups is 1. The van der Waals surface area contributed by atoms with Gasteiger partial charge in [0, 0.05) is 12.3 Å². The maximum atomic E-state index is 12.0. The Kier molecular flexibility index (Phi) is 3.55. The molecule has 24 heavy (non-hydrogen) atoms. The van der Waals surface area contributed by atoms with Crippen LogP contribution in [0.25, 0.3) is 0 Å². The number of hydrogen-bond donors (Lipinski definition) is 1. The van der Waals surface area contributed by atoms with Crippen LogP contribution in [0.4, 0.5) is 0 Å². The Morgan fingerprint density at radius 3 is 2.67 bits per heavy atom. The summed E-state index contributed by atoms with van der Waals surface area (Å²) in [5.74, 6) is -0.443. The number of ether oxygens (including phenoxy) is 3. The quantitative estimate of drug-likeness (QED) is 0.628. The van der Waals surface area contributed by atoms with Crippen LogP contribution in [0.1, 0.15) is 16.6 Å². The Morgan fingerprint density at radius 1 is 1.12 bits per heavy atom. The fraction of sp³-hybridized carbons (Fsp3) is 0.312. The second-order valence-corrected chi connectivity index (χ2v) is 5.61. The van der Waals surface area contributed by atoms with Gasteiger partial charge in [-0.05, 0) is 12.1 Å². The van der Waals surface area contributed by atoms with Crippen LogP contribution in [0.5, 0.6) is 0 Å². The molecule has 0 aliphatic carbocycles. The van der Waals surface area contributed by atoms with Gasteiger partial charge in [0.25, 0.3) is 5.56 Å². The molecule has 2 aliphatic heterocycles. The van der Waals surface area contributed by atoms with E-state index in [-0.39, 0.29) is 18.8 Å². The average Bonchev–Trinajstić information content (AvgIpc) is 3.30. The number of esters is 1. The number of aromatic amines is 1. The summed E-state index contributed by atoms with van der Waals surface area (Å²) < 4.78 is 17.8. The largest absolute Gasteiger partial charge is 0.459 e. The number of rotatable bonds is 4. The van der Waals surface area contributed by atoms with E-state index in [0.29, 0.717) is 5.56 Å². The van der Waals surface area contributed by atoms with E-state index in [0.717, 1.165) is 0 Å². The van der Waals surface area contributed by atoms with Crippen molar-refractivity contribution in [3.8, 4) is 0 Å². The minimum Gasteiger partial charge on any atom is -0.459 e. The van der Waals surface area contributed by atoms with Gasteiger partial charge in [0.15, 0.2) is 6.23 Å². The summed E-state index contributed by atoms with van der Waals surface area (Å²) in [6, 6.07) is 9.88. The van der Waals surface area contributed by atoms with Crippen molar-refractivity contribution in [1.82, 2.24) is 9.55 Å². The topological polar surface area (TPSA) is 103 Å². The molecular weight excluding hydrogens is 316 g/mol. The summed E-state index contributed by atoms with van der Waals surface area (Å²) in [6.07, 6.45) is -0.235. The lowest BCUT2D eigenvalue weighted by atomic mass is 10.2. The smallest absolute Gasteiger partial charge is 0.338 e. The number of fused-ring (bicyclic) bond motifs is 1. The van der Waals surface area contributed by atoms with Crippen molar-refractivity contribution in [3.05, 3.63) is 69.0 Å². The normalized spacial score (nSPS) is 27.5. The molecular formula is C16H14N2O6. The molecule has 124 valence electrons. The number of nitrogens with zero attached hydrogens (tertiary/aromatic N) is 1. The summed E-state index contributed by atoms with van der Waals surface area (Å²) in [4.78, 5) is 37.1. The molecule has 1 aromatic carbocycles. The van der Waals surface area contributed by atoms with Crippen molar-refractivity contribution in [2.24, 2.45) is 0 Å². The highest BCUT2D eigenvalue weighted by Gasteiger charge is 2.59. The molecule has 0 unspecified atom stereocenters. The molecule has 4 atom stereocenters. The first-order chi connectivity index (χ1) is 11.6. The third-order valence-electron chi connectivity index (χ3n) is 4.04. The molecule has 1 N–H and O–H groups in total. The fourth-order valence-electron chi connectivity index (χ4n) is 2.80. The van der Waals surface area contributed by atoms with Gasteiger partial charge in [0.1, 0.15) is 24.9 Å². The highest BCUT2D eigenvalue weighted by Crippen LogP contribution is 2.44. The highest BCUT2D eigenvalue weighted by molar-refractivity contribution is 5.89. The second-order valence-electron chi connectivity index (χ2n) is 5.61. The zero-order valence-corrected chi connectivity index (χ0v) is 12.5. The van der Waals surface area contributed by atoms with E-state index in [1.54, 1.807) is 24.3 Å². The zero-order chi connectivity index (χ0) is 16.7. The number of epoxide rings is 1. The van der Waals surface area contributed by atoms with Crippen LogP contribution < -0.4 is 11.2 Å². The molecule has 0 spiro atoms. The van der Waals surface area contributed by atoms with Gasteiger partial charge in [-0.3, -0.25) is 14.3 Å². The van der Waals surface area contributed by atoms with E-state index < -0.39 is 29.6 Å². The molecule has 2 fully saturated rings. The van der Waals surface area contributed by atoms with Crippen molar-refractivity contribution in [1.29, 1.82) is 0 Å². The minimum absolute atomic E-state index is 0.0312. The Labute approximate surface area is 135 Å². The number of nitrogens with one attached hydrogen (secondary N) is 1. The monoisotopic (exact) mass is 330 g/mol. The molecule has 0 amide bonds.